The number of sulfonamides is 1. The second-order valence-electron chi connectivity index (χ2n) is 8.43. The summed E-state index contributed by atoms with van der Waals surface area (Å²) in [6.45, 7) is 8.98. The molecular formula is C24H29N3O3S. The van der Waals surface area contributed by atoms with Crippen LogP contribution in [-0.2, 0) is 17.1 Å². The summed E-state index contributed by atoms with van der Waals surface area (Å²) in [5.41, 5.74) is 5.19. The number of amides is 1. The van der Waals surface area contributed by atoms with Crippen LogP contribution in [0.1, 0.15) is 32.7 Å². The molecule has 0 aliphatic carbocycles. The highest BCUT2D eigenvalue weighted by Crippen LogP contribution is 2.29. The maximum atomic E-state index is 13.5. The molecule has 2 heterocycles. The maximum absolute atomic E-state index is 13.5. The van der Waals surface area contributed by atoms with Crippen LogP contribution in [0.2, 0.25) is 0 Å². The lowest BCUT2D eigenvalue weighted by Crippen LogP contribution is -2.51. The molecule has 0 atom stereocenters. The normalized spacial score (nSPS) is 15.6. The largest absolute Gasteiger partial charge is 0.340 e. The van der Waals surface area contributed by atoms with Crippen LogP contribution in [0.4, 0.5) is 0 Å². The number of nitrogens with zero attached hydrogens (tertiary/aromatic N) is 3. The number of rotatable bonds is 3. The van der Waals surface area contributed by atoms with E-state index in [1.807, 2.05) is 75.7 Å². The van der Waals surface area contributed by atoms with Crippen LogP contribution in [0.5, 0.6) is 0 Å². The van der Waals surface area contributed by atoms with E-state index in [0.29, 0.717) is 36.8 Å². The number of hydrogen-bond acceptors (Lipinski definition) is 3. The number of hydrogen-bond donors (Lipinski definition) is 0. The first-order valence-corrected chi connectivity index (χ1v) is 12.0. The van der Waals surface area contributed by atoms with Gasteiger partial charge in [0.1, 0.15) is 5.69 Å². The molecule has 4 rings (SSSR count). The van der Waals surface area contributed by atoms with Crippen molar-refractivity contribution in [3.63, 3.8) is 0 Å². The fourth-order valence-electron chi connectivity index (χ4n) is 4.48. The van der Waals surface area contributed by atoms with Gasteiger partial charge in [0.25, 0.3) is 5.91 Å². The Morgan fingerprint density at radius 3 is 2.03 bits per heavy atom. The Morgan fingerprint density at radius 1 is 0.871 bits per heavy atom. The summed E-state index contributed by atoms with van der Waals surface area (Å²) in [5.74, 6) is -0.0606. The Morgan fingerprint density at radius 2 is 1.45 bits per heavy atom. The lowest BCUT2D eigenvalue weighted by Gasteiger charge is -2.34. The third-order valence-electron chi connectivity index (χ3n) is 6.59. The molecular weight excluding hydrogens is 410 g/mol. The van der Waals surface area contributed by atoms with Gasteiger partial charge < -0.3 is 9.47 Å². The minimum absolute atomic E-state index is 0.0606. The van der Waals surface area contributed by atoms with Gasteiger partial charge in [-0.15, -0.1) is 0 Å². The lowest BCUT2D eigenvalue weighted by atomic mass is 10.0. The van der Waals surface area contributed by atoms with Crippen molar-refractivity contribution in [1.29, 1.82) is 0 Å². The first kappa shape index (κ1) is 21.6. The van der Waals surface area contributed by atoms with Gasteiger partial charge in [-0.3, -0.25) is 4.79 Å². The molecule has 2 aromatic carbocycles. The molecule has 3 aromatic rings. The van der Waals surface area contributed by atoms with Crippen molar-refractivity contribution in [2.75, 3.05) is 26.2 Å². The van der Waals surface area contributed by atoms with Crippen LogP contribution in [0.3, 0.4) is 0 Å². The topological polar surface area (TPSA) is 62.6 Å². The molecule has 0 spiro atoms. The Hall–Kier alpha value is -2.64. The van der Waals surface area contributed by atoms with Crippen molar-refractivity contribution in [3.05, 3.63) is 64.3 Å². The fourth-order valence-corrected chi connectivity index (χ4v) is 6.48. The van der Waals surface area contributed by atoms with Crippen LogP contribution < -0.4 is 0 Å². The van der Waals surface area contributed by atoms with E-state index in [0.717, 1.165) is 33.2 Å². The zero-order chi connectivity index (χ0) is 22.5. The summed E-state index contributed by atoms with van der Waals surface area (Å²) in [4.78, 5) is 15.3. The van der Waals surface area contributed by atoms with Crippen LogP contribution in [0, 0.1) is 27.7 Å². The molecule has 0 radical (unpaired) electrons. The second kappa shape index (κ2) is 7.80. The highest BCUT2D eigenvalue weighted by molar-refractivity contribution is 7.89. The highest BCUT2D eigenvalue weighted by Gasteiger charge is 2.33. The standard InChI is InChI=1S/C24H29N3O3S/c1-16-14-17(2)19(4)23(18(16)3)31(29,30)27-12-10-26(11-13-27)24(28)22-15-20-8-6-7-9-21(20)25(22)5/h6-9,14-15H,10-13H2,1-5H3. The summed E-state index contributed by atoms with van der Waals surface area (Å²) in [6, 6.07) is 11.8. The molecule has 1 aliphatic heterocycles. The molecule has 0 bridgehead atoms. The van der Waals surface area contributed by atoms with E-state index in [1.165, 1.54) is 4.31 Å². The monoisotopic (exact) mass is 439 g/mol. The van der Waals surface area contributed by atoms with Gasteiger partial charge >= 0.3 is 0 Å². The fraction of sp³-hybridized carbons (Fsp3) is 0.375. The molecule has 1 aliphatic rings. The van der Waals surface area contributed by atoms with Crippen molar-refractivity contribution in [2.24, 2.45) is 7.05 Å². The number of carbonyl (C=O) groups excluding carboxylic acids is 1. The van der Waals surface area contributed by atoms with Gasteiger partial charge in [-0.1, -0.05) is 24.3 Å². The molecule has 6 nitrogen and oxygen atoms in total. The second-order valence-corrected chi connectivity index (χ2v) is 10.3. The molecule has 7 heteroatoms. The van der Waals surface area contributed by atoms with E-state index >= 15 is 0 Å². The average Bonchev–Trinajstić information content (AvgIpc) is 3.09. The van der Waals surface area contributed by atoms with Crippen molar-refractivity contribution < 1.29 is 13.2 Å². The van der Waals surface area contributed by atoms with E-state index in [1.54, 1.807) is 4.90 Å². The van der Waals surface area contributed by atoms with Crippen molar-refractivity contribution >= 4 is 26.8 Å². The minimum atomic E-state index is -3.62. The Bertz CT molecular complexity index is 1260. The van der Waals surface area contributed by atoms with Gasteiger partial charge in [-0.05, 0) is 62.1 Å². The molecule has 0 N–H and O–H groups in total. The van der Waals surface area contributed by atoms with Crippen LogP contribution in [0.25, 0.3) is 10.9 Å². The Kier molecular flexibility index (Phi) is 5.43. The molecule has 1 fully saturated rings. The van der Waals surface area contributed by atoms with E-state index < -0.39 is 10.0 Å². The number of para-hydroxylation sites is 1. The average molecular weight is 440 g/mol. The van der Waals surface area contributed by atoms with Crippen molar-refractivity contribution in [1.82, 2.24) is 13.8 Å². The first-order chi connectivity index (χ1) is 14.6. The van der Waals surface area contributed by atoms with E-state index in [4.69, 9.17) is 0 Å². The molecule has 164 valence electrons. The van der Waals surface area contributed by atoms with Gasteiger partial charge in [0.15, 0.2) is 0 Å². The third-order valence-corrected chi connectivity index (χ3v) is 8.77. The van der Waals surface area contributed by atoms with E-state index in [2.05, 4.69) is 0 Å². The summed E-state index contributed by atoms with van der Waals surface area (Å²) in [6.07, 6.45) is 0. The summed E-state index contributed by atoms with van der Waals surface area (Å²) in [5, 5.41) is 1.02. The minimum Gasteiger partial charge on any atom is -0.340 e. The highest BCUT2D eigenvalue weighted by atomic mass is 32.2. The van der Waals surface area contributed by atoms with Crippen LogP contribution >= 0.6 is 0 Å². The predicted molar refractivity (Wildman–Crippen MR) is 123 cm³/mol. The van der Waals surface area contributed by atoms with E-state index in [9.17, 15) is 13.2 Å². The zero-order valence-electron chi connectivity index (χ0n) is 18.8. The number of carbonyl (C=O) groups is 1. The summed E-state index contributed by atoms with van der Waals surface area (Å²) in [7, 11) is -1.73. The smallest absolute Gasteiger partial charge is 0.270 e. The van der Waals surface area contributed by atoms with Crippen LogP contribution in [-0.4, -0.2) is 54.3 Å². The van der Waals surface area contributed by atoms with Crippen molar-refractivity contribution in [3.8, 4) is 0 Å². The third kappa shape index (κ3) is 3.55. The van der Waals surface area contributed by atoms with Gasteiger partial charge in [-0.25, -0.2) is 8.42 Å². The molecule has 1 saturated heterocycles. The van der Waals surface area contributed by atoms with Gasteiger partial charge in [0, 0.05) is 44.1 Å². The first-order valence-electron chi connectivity index (χ1n) is 10.5. The Labute approximate surface area is 184 Å². The molecule has 0 unspecified atom stereocenters. The number of benzene rings is 2. The molecule has 31 heavy (non-hydrogen) atoms. The van der Waals surface area contributed by atoms with E-state index in [-0.39, 0.29) is 5.91 Å². The Balaban J connectivity index is 1.56. The summed E-state index contributed by atoms with van der Waals surface area (Å²) >= 11 is 0. The SMILES string of the molecule is Cc1cc(C)c(C)c(S(=O)(=O)N2CCN(C(=O)c3cc4ccccc4n3C)CC2)c1C. The number of aryl methyl sites for hydroxylation is 3. The van der Waals surface area contributed by atoms with Gasteiger partial charge in [0.05, 0.1) is 4.90 Å². The molecule has 1 amide bonds. The lowest BCUT2D eigenvalue weighted by molar-refractivity contribution is 0.0688. The number of piperazine rings is 1. The van der Waals surface area contributed by atoms with Gasteiger partial charge in [-0.2, -0.15) is 4.31 Å². The zero-order valence-corrected chi connectivity index (χ0v) is 19.6. The summed E-state index contributed by atoms with van der Waals surface area (Å²) < 4.78 is 30.4. The quantitative estimate of drug-likeness (QED) is 0.627. The maximum Gasteiger partial charge on any atom is 0.270 e. The van der Waals surface area contributed by atoms with Crippen molar-refractivity contribution in [2.45, 2.75) is 32.6 Å². The number of fused-ring (bicyclic) bond motifs is 1. The predicted octanol–water partition coefficient (Wildman–Crippen LogP) is 3.56. The van der Waals surface area contributed by atoms with Gasteiger partial charge in [0.2, 0.25) is 10.0 Å². The van der Waals surface area contributed by atoms with Crippen LogP contribution in [0.15, 0.2) is 41.3 Å². The molecule has 0 saturated carbocycles. The molecule has 1 aromatic heterocycles. The number of aromatic nitrogens is 1.